The van der Waals surface area contributed by atoms with E-state index in [1.165, 1.54) is 0 Å². The van der Waals surface area contributed by atoms with E-state index in [-0.39, 0.29) is 0 Å². The number of carbonyl (C=O) groups is 2. The molecule has 0 aromatic heterocycles. The summed E-state index contributed by atoms with van der Waals surface area (Å²) in [6.07, 6.45) is 0.673. The van der Waals surface area contributed by atoms with Crippen molar-refractivity contribution in [2.24, 2.45) is 0 Å². The van der Waals surface area contributed by atoms with Crippen LogP contribution >= 0.6 is 11.6 Å². The molecule has 0 radical (unpaired) electrons. The number of allylic oxidation sites excluding steroid dienone is 1. The Kier molecular flexibility index (Phi) is 5.88. The van der Waals surface area contributed by atoms with Gasteiger partial charge in [-0.15, -0.1) is 0 Å². The largest absolute Gasteiger partial charge is 0.443 e. The molecule has 126 valence electrons. The fourth-order valence-corrected chi connectivity index (χ4v) is 1.68. The van der Waals surface area contributed by atoms with E-state index in [1.807, 2.05) is 0 Å². The van der Waals surface area contributed by atoms with Crippen LogP contribution in [0.15, 0.2) is 36.5 Å². The SMILES string of the molecule is Cc1ccccc1N(/C=C/C(=O)C(F)(F)Cl)C(=O)OC(C)(C)C. The van der Waals surface area contributed by atoms with Gasteiger partial charge in [-0.2, -0.15) is 8.78 Å². The van der Waals surface area contributed by atoms with Crippen LogP contribution in [-0.2, 0) is 9.53 Å². The van der Waals surface area contributed by atoms with Gasteiger partial charge in [0.25, 0.3) is 0 Å². The topological polar surface area (TPSA) is 46.6 Å². The molecule has 1 aromatic carbocycles. The lowest BCUT2D eigenvalue weighted by molar-refractivity contribution is -0.128. The third-order valence-electron chi connectivity index (χ3n) is 2.62. The van der Waals surface area contributed by atoms with Crippen LogP contribution in [0.2, 0.25) is 0 Å². The molecule has 0 aliphatic heterocycles. The predicted molar refractivity (Wildman–Crippen MR) is 84.8 cm³/mol. The number of hydrogen-bond donors (Lipinski definition) is 0. The standard InChI is InChI=1S/C16H18ClF2NO3/c1-11-7-5-6-8-12(11)20(14(22)23-15(2,3)4)10-9-13(21)16(17,18)19/h5-10H,1-4H3/b10-9+. The van der Waals surface area contributed by atoms with Crippen molar-refractivity contribution in [2.45, 2.75) is 38.7 Å². The highest BCUT2D eigenvalue weighted by Gasteiger charge is 2.33. The maximum Gasteiger partial charge on any atom is 0.418 e. The smallest absolute Gasteiger partial charge is 0.418 e. The van der Waals surface area contributed by atoms with Crippen molar-refractivity contribution >= 4 is 29.2 Å². The molecule has 0 aliphatic carbocycles. The first-order chi connectivity index (χ1) is 10.4. The quantitative estimate of drug-likeness (QED) is 0.589. The molecule has 7 heteroatoms. The highest BCUT2D eigenvalue weighted by molar-refractivity contribution is 6.34. The van der Waals surface area contributed by atoms with E-state index < -0.39 is 22.9 Å². The van der Waals surface area contributed by atoms with Crippen LogP contribution in [0, 0.1) is 6.92 Å². The first kappa shape index (κ1) is 19.1. The molecule has 0 heterocycles. The molecule has 0 atom stereocenters. The lowest BCUT2D eigenvalue weighted by atomic mass is 10.2. The minimum Gasteiger partial charge on any atom is -0.443 e. The van der Waals surface area contributed by atoms with Gasteiger partial charge in [-0.3, -0.25) is 9.69 Å². The van der Waals surface area contributed by atoms with E-state index in [0.717, 1.165) is 11.1 Å². The van der Waals surface area contributed by atoms with Crippen LogP contribution in [0.5, 0.6) is 0 Å². The Balaban J connectivity index is 3.18. The summed E-state index contributed by atoms with van der Waals surface area (Å²) >= 11 is 4.66. The van der Waals surface area contributed by atoms with Crippen LogP contribution in [0.3, 0.4) is 0 Å². The second-order valence-electron chi connectivity index (χ2n) is 5.81. The van der Waals surface area contributed by atoms with Gasteiger partial charge in [0.05, 0.1) is 5.69 Å². The fraction of sp³-hybridized carbons (Fsp3) is 0.375. The molecule has 0 saturated carbocycles. The maximum absolute atomic E-state index is 12.8. The van der Waals surface area contributed by atoms with Gasteiger partial charge in [0.2, 0.25) is 5.78 Å². The van der Waals surface area contributed by atoms with Crippen molar-refractivity contribution in [3.8, 4) is 0 Å². The molecular formula is C16H18ClF2NO3. The molecule has 1 amide bonds. The number of rotatable bonds is 4. The number of halogens is 3. The van der Waals surface area contributed by atoms with E-state index in [0.29, 0.717) is 17.3 Å². The third kappa shape index (κ3) is 5.98. The molecule has 4 nitrogen and oxygen atoms in total. The third-order valence-corrected chi connectivity index (χ3v) is 2.81. The summed E-state index contributed by atoms with van der Waals surface area (Å²) in [5.74, 6) is -1.62. The Morgan fingerprint density at radius 2 is 1.78 bits per heavy atom. The summed E-state index contributed by atoms with van der Waals surface area (Å²) in [4.78, 5) is 24.5. The minimum absolute atomic E-state index is 0.406. The zero-order valence-electron chi connectivity index (χ0n) is 13.3. The molecule has 1 aromatic rings. The minimum atomic E-state index is -4.03. The predicted octanol–water partition coefficient (Wildman–Crippen LogP) is 4.65. The van der Waals surface area contributed by atoms with E-state index in [2.05, 4.69) is 11.6 Å². The summed E-state index contributed by atoms with van der Waals surface area (Å²) in [5, 5.41) is -4.03. The van der Waals surface area contributed by atoms with E-state index in [4.69, 9.17) is 4.74 Å². The van der Waals surface area contributed by atoms with E-state index in [9.17, 15) is 18.4 Å². The van der Waals surface area contributed by atoms with Crippen molar-refractivity contribution in [1.82, 2.24) is 0 Å². The second-order valence-corrected chi connectivity index (χ2v) is 6.29. The first-order valence-electron chi connectivity index (χ1n) is 6.79. The van der Waals surface area contributed by atoms with Gasteiger partial charge in [-0.05, 0) is 50.9 Å². The van der Waals surface area contributed by atoms with Gasteiger partial charge < -0.3 is 4.74 Å². The first-order valence-corrected chi connectivity index (χ1v) is 7.17. The summed E-state index contributed by atoms with van der Waals surface area (Å²) in [5.41, 5.74) is 0.323. The van der Waals surface area contributed by atoms with Crippen LogP contribution in [0.1, 0.15) is 26.3 Å². The number of anilines is 1. The molecule has 0 fully saturated rings. The Hall–Kier alpha value is -1.95. The van der Waals surface area contributed by atoms with Gasteiger partial charge in [-0.25, -0.2) is 4.79 Å². The summed E-state index contributed by atoms with van der Waals surface area (Å²) in [7, 11) is 0. The van der Waals surface area contributed by atoms with Gasteiger partial charge in [0.1, 0.15) is 5.60 Å². The molecule has 0 bridgehead atoms. The zero-order chi connectivity index (χ0) is 17.8. The lowest BCUT2D eigenvalue weighted by Gasteiger charge is -2.26. The number of carbonyl (C=O) groups excluding carboxylic acids is 2. The summed E-state index contributed by atoms with van der Waals surface area (Å²) in [6, 6.07) is 6.77. The molecule has 0 spiro atoms. The van der Waals surface area contributed by atoms with Crippen LogP contribution in [0.4, 0.5) is 19.3 Å². The molecule has 23 heavy (non-hydrogen) atoms. The normalized spacial score (nSPS) is 12.3. The number of benzene rings is 1. The molecule has 1 rings (SSSR count). The molecule has 0 aliphatic rings. The van der Waals surface area contributed by atoms with E-state index >= 15 is 0 Å². The lowest BCUT2D eigenvalue weighted by Crippen LogP contribution is -2.34. The van der Waals surface area contributed by atoms with Gasteiger partial charge in [0, 0.05) is 12.3 Å². The molecule has 0 N–H and O–H groups in total. The molecule has 0 saturated heterocycles. The average molecular weight is 346 g/mol. The highest BCUT2D eigenvalue weighted by atomic mass is 35.5. The number of para-hydroxylation sites is 1. The summed E-state index contributed by atoms with van der Waals surface area (Å²) in [6.45, 7) is 6.74. The van der Waals surface area contributed by atoms with Crippen LogP contribution in [-0.4, -0.2) is 22.9 Å². The van der Waals surface area contributed by atoms with Crippen LogP contribution < -0.4 is 4.90 Å². The maximum atomic E-state index is 12.8. The Labute approximate surface area is 138 Å². The monoisotopic (exact) mass is 345 g/mol. The summed E-state index contributed by atoms with van der Waals surface area (Å²) < 4.78 is 30.7. The van der Waals surface area contributed by atoms with Gasteiger partial charge in [0.15, 0.2) is 0 Å². The number of hydrogen-bond acceptors (Lipinski definition) is 3. The van der Waals surface area contributed by atoms with E-state index in [1.54, 1.807) is 52.0 Å². The average Bonchev–Trinajstić information content (AvgIpc) is 2.37. The van der Waals surface area contributed by atoms with Crippen LogP contribution in [0.25, 0.3) is 0 Å². The molecule has 0 unspecified atom stereocenters. The van der Waals surface area contributed by atoms with Crippen molar-refractivity contribution in [3.05, 3.63) is 42.1 Å². The number of nitrogens with zero attached hydrogens (tertiary/aromatic N) is 1. The zero-order valence-corrected chi connectivity index (χ0v) is 14.0. The Bertz CT molecular complexity index is 618. The molecular weight excluding hydrogens is 328 g/mol. The van der Waals surface area contributed by atoms with Crippen molar-refractivity contribution in [1.29, 1.82) is 0 Å². The number of alkyl halides is 3. The highest BCUT2D eigenvalue weighted by Crippen LogP contribution is 2.24. The van der Waals surface area contributed by atoms with Gasteiger partial charge in [-0.1, -0.05) is 18.2 Å². The number of aryl methyl sites for hydroxylation is 1. The number of ketones is 1. The van der Waals surface area contributed by atoms with Gasteiger partial charge >= 0.3 is 11.5 Å². The number of ether oxygens (including phenoxy) is 1. The van der Waals surface area contributed by atoms with Crippen molar-refractivity contribution < 1.29 is 23.1 Å². The second kappa shape index (κ2) is 7.08. The van der Waals surface area contributed by atoms with Crippen molar-refractivity contribution in [2.75, 3.05) is 4.90 Å². The Morgan fingerprint density at radius 1 is 1.22 bits per heavy atom. The fourth-order valence-electron chi connectivity index (χ4n) is 1.62. The van der Waals surface area contributed by atoms with Crippen molar-refractivity contribution in [3.63, 3.8) is 0 Å². The Morgan fingerprint density at radius 3 is 2.26 bits per heavy atom. The number of amides is 1.